The number of pyridine rings is 2. The smallest absolute Gasteiger partial charge is 0.215 e. The molecule has 1 fully saturated rings. The van der Waals surface area contributed by atoms with Crippen molar-refractivity contribution < 1.29 is 9.07 Å². The molecule has 0 aliphatic carbocycles. The Bertz CT molecular complexity index is 958. The second-order valence-corrected chi connectivity index (χ2v) is 6.51. The predicted octanol–water partition coefficient (Wildman–Crippen LogP) is 3.18. The molecule has 2 aromatic heterocycles. The Morgan fingerprint density at radius 3 is 2.78 bits per heavy atom. The van der Waals surface area contributed by atoms with Crippen LogP contribution in [0.25, 0.3) is 0 Å². The van der Waals surface area contributed by atoms with Crippen LogP contribution in [0.2, 0.25) is 0 Å². The van der Waals surface area contributed by atoms with E-state index in [-0.39, 0.29) is 21.9 Å². The minimum Gasteiger partial charge on any atom is -0.383 e. The number of rotatable bonds is 4. The third-order valence-corrected chi connectivity index (χ3v) is 4.75. The summed E-state index contributed by atoms with van der Waals surface area (Å²) in [6.07, 6.45) is 1.57. The number of piperazine rings is 1. The van der Waals surface area contributed by atoms with E-state index in [2.05, 4.69) is 32.3 Å². The van der Waals surface area contributed by atoms with Crippen LogP contribution >= 0.6 is 0 Å². The monoisotopic (exact) mass is 365 g/mol. The summed E-state index contributed by atoms with van der Waals surface area (Å²) in [4.78, 5) is 23.6. The van der Waals surface area contributed by atoms with Crippen molar-refractivity contribution in [3.8, 4) is 0 Å². The summed E-state index contributed by atoms with van der Waals surface area (Å²) in [5.41, 5.74) is 7.85. The third kappa shape index (κ3) is 3.66. The van der Waals surface area contributed by atoms with Crippen LogP contribution in [0.3, 0.4) is 0 Å². The van der Waals surface area contributed by atoms with Crippen molar-refractivity contribution in [2.75, 3.05) is 30.3 Å². The van der Waals surface area contributed by atoms with Gasteiger partial charge in [-0.05, 0) is 29.8 Å². The standard InChI is InChI=1S/C21H21N5O.3H2/c22-21-16(8-5-11-24-21)20(27)17-9-4-10-19(25-17)26-13-12-23-18(14-26)15-6-2-1-3-7-15;;;/h1-11,18,23H,12-14H2,(H2,22,24);3*1H/t18-;;;/m1.../s1. The molecule has 6 heteroatoms. The topological polar surface area (TPSA) is 84.1 Å². The first-order valence-electron chi connectivity index (χ1n) is 8.98. The van der Waals surface area contributed by atoms with Crippen molar-refractivity contribution >= 4 is 17.4 Å². The van der Waals surface area contributed by atoms with Crippen molar-refractivity contribution in [3.63, 3.8) is 0 Å². The number of nitrogens with zero attached hydrogens (tertiary/aromatic N) is 3. The Labute approximate surface area is 162 Å². The number of nitrogens with one attached hydrogen (secondary N) is 1. The van der Waals surface area contributed by atoms with E-state index in [0.29, 0.717) is 11.3 Å². The van der Waals surface area contributed by atoms with Crippen molar-refractivity contribution in [1.82, 2.24) is 15.3 Å². The molecule has 1 saturated heterocycles. The maximum Gasteiger partial charge on any atom is 0.215 e. The molecule has 0 amide bonds. The first-order chi connectivity index (χ1) is 13.2. The minimum atomic E-state index is -0.211. The minimum absolute atomic E-state index is 0. The van der Waals surface area contributed by atoms with E-state index in [4.69, 9.17) is 5.73 Å². The van der Waals surface area contributed by atoms with Crippen LogP contribution in [-0.4, -0.2) is 35.4 Å². The number of carbonyl (C=O) groups excluding carboxylic acids is 1. The summed E-state index contributed by atoms with van der Waals surface area (Å²) in [5.74, 6) is 0.809. The molecule has 0 spiro atoms. The highest BCUT2D eigenvalue weighted by Gasteiger charge is 2.22. The van der Waals surface area contributed by atoms with Gasteiger partial charge in [-0.2, -0.15) is 0 Å². The Morgan fingerprint density at radius 1 is 1.11 bits per heavy atom. The zero-order chi connectivity index (χ0) is 18.6. The molecule has 3 aromatic rings. The molecule has 0 bridgehead atoms. The fourth-order valence-electron chi connectivity index (χ4n) is 3.34. The second-order valence-electron chi connectivity index (χ2n) is 6.51. The second kappa shape index (κ2) is 7.55. The van der Waals surface area contributed by atoms with Crippen LogP contribution < -0.4 is 16.0 Å². The molecule has 1 aliphatic heterocycles. The molecular weight excluding hydrogens is 338 g/mol. The lowest BCUT2D eigenvalue weighted by atomic mass is 10.0. The summed E-state index contributed by atoms with van der Waals surface area (Å²) in [5, 5.41) is 3.54. The molecule has 0 radical (unpaired) electrons. The van der Waals surface area contributed by atoms with Gasteiger partial charge in [-0.1, -0.05) is 36.4 Å². The van der Waals surface area contributed by atoms with E-state index in [1.807, 2.05) is 30.3 Å². The lowest BCUT2D eigenvalue weighted by Crippen LogP contribution is -2.46. The number of aromatic nitrogens is 2. The quantitative estimate of drug-likeness (QED) is 0.691. The first kappa shape index (κ1) is 17.2. The highest BCUT2D eigenvalue weighted by molar-refractivity contribution is 6.10. The van der Waals surface area contributed by atoms with Crippen molar-refractivity contribution in [3.05, 3.63) is 83.7 Å². The largest absolute Gasteiger partial charge is 0.383 e. The molecule has 1 aliphatic rings. The van der Waals surface area contributed by atoms with Crippen LogP contribution in [0, 0.1) is 0 Å². The number of carbonyl (C=O) groups is 1. The van der Waals surface area contributed by atoms with Crippen LogP contribution in [0.1, 0.15) is 31.9 Å². The number of nitrogens with two attached hydrogens (primary N) is 1. The molecule has 6 nitrogen and oxygen atoms in total. The Morgan fingerprint density at radius 2 is 1.96 bits per heavy atom. The van der Waals surface area contributed by atoms with E-state index in [1.54, 1.807) is 24.4 Å². The van der Waals surface area contributed by atoms with E-state index < -0.39 is 0 Å². The van der Waals surface area contributed by atoms with Gasteiger partial charge in [-0.3, -0.25) is 4.79 Å². The lowest BCUT2D eigenvalue weighted by Gasteiger charge is -2.35. The van der Waals surface area contributed by atoms with E-state index in [9.17, 15) is 4.79 Å². The van der Waals surface area contributed by atoms with Gasteiger partial charge in [0.1, 0.15) is 17.3 Å². The van der Waals surface area contributed by atoms with Crippen molar-refractivity contribution in [1.29, 1.82) is 0 Å². The fraction of sp³-hybridized carbons (Fsp3) is 0.190. The molecule has 1 atom stereocenters. The molecule has 0 unspecified atom stereocenters. The maximum absolute atomic E-state index is 12.8. The molecule has 3 N–H and O–H groups in total. The average Bonchev–Trinajstić information content (AvgIpc) is 2.74. The fourth-order valence-corrected chi connectivity index (χ4v) is 3.34. The van der Waals surface area contributed by atoms with Gasteiger partial charge in [-0.25, -0.2) is 9.97 Å². The Kier molecular flexibility index (Phi) is 4.80. The molecule has 1 aromatic carbocycles. The van der Waals surface area contributed by atoms with Gasteiger partial charge < -0.3 is 16.0 Å². The van der Waals surface area contributed by atoms with Crippen LogP contribution in [-0.2, 0) is 0 Å². The molecular formula is C21H27N5O. The summed E-state index contributed by atoms with van der Waals surface area (Å²) in [7, 11) is 0. The highest BCUT2D eigenvalue weighted by atomic mass is 16.1. The van der Waals surface area contributed by atoms with Gasteiger partial charge in [0.05, 0.1) is 5.56 Å². The highest BCUT2D eigenvalue weighted by Crippen LogP contribution is 2.22. The van der Waals surface area contributed by atoms with Crippen molar-refractivity contribution in [2.24, 2.45) is 0 Å². The molecule has 142 valence electrons. The van der Waals surface area contributed by atoms with Gasteiger partial charge in [0.2, 0.25) is 5.78 Å². The maximum atomic E-state index is 12.8. The number of hydrogen-bond donors (Lipinski definition) is 2. The summed E-state index contributed by atoms with van der Waals surface area (Å²) >= 11 is 0. The predicted molar refractivity (Wildman–Crippen MR) is 112 cm³/mol. The number of benzene rings is 1. The van der Waals surface area contributed by atoms with Crippen LogP contribution in [0.5, 0.6) is 0 Å². The van der Waals surface area contributed by atoms with Gasteiger partial charge in [-0.15, -0.1) is 0 Å². The summed E-state index contributed by atoms with van der Waals surface area (Å²) < 4.78 is 0. The van der Waals surface area contributed by atoms with Crippen LogP contribution in [0.4, 0.5) is 11.6 Å². The van der Waals surface area contributed by atoms with Gasteiger partial charge in [0.25, 0.3) is 0 Å². The van der Waals surface area contributed by atoms with Crippen molar-refractivity contribution in [2.45, 2.75) is 6.04 Å². The SMILES string of the molecule is Nc1ncccc1C(=O)c1cccc(N2CCN[C@@H](c3ccccc3)C2)n1.[HH].[HH].[HH]. The summed E-state index contributed by atoms with van der Waals surface area (Å²) in [6, 6.07) is 19.5. The average molecular weight is 365 g/mol. The zero-order valence-electron chi connectivity index (χ0n) is 14.9. The summed E-state index contributed by atoms with van der Waals surface area (Å²) in [6.45, 7) is 2.49. The first-order valence-corrected chi connectivity index (χ1v) is 8.98. The van der Waals surface area contributed by atoms with E-state index in [0.717, 1.165) is 25.5 Å². The molecule has 0 saturated carbocycles. The van der Waals surface area contributed by atoms with Crippen LogP contribution in [0.15, 0.2) is 66.9 Å². The molecule has 4 rings (SSSR count). The number of ketones is 1. The van der Waals surface area contributed by atoms with E-state index >= 15 is 0 Å². The zero-order valence-corrected chi connectivity index (χ0v) is 14.9. The number of anilines is 2. The normalized spacial score (nSPS) is 16.9. The third-order valence-electron chi connectivity index (χ3n) is 4.75. The number of nitrogen functional groups attached to an aromatic ring is 1. The Balaban J connectivity index is 0.00000150. The van der Waals surface area contributed by atoms with E-state index in [1.165, 1.54) is 5.56 Å². The van der Waals surface area contributed by atoms with Gasteiger partial charge >= 0.3 is 0 Å². The molecule has 3 heterocycles. The Hall–Kier alpha value is -3.25. The molecule has 27 heavy (non-hydrogen) atoms. The van der Waals surface area contributed by atoms with Gasteiger partial charge in [0.15, 0.2) is 0 Å². The number of hydrogen-bond acceptors (Lipinski definition) is 6. The lowest BCUT2D eigenvalue weighted by molar-refractivity contribution is 0.103. The van der Waals surface area contributed by atoms with Gasteiger partial charge in [0, 0.05) is 36.2 Å².